The minimum absolute atomic E-state index is 0.445. The Labute approximate surface area is 80.0 Å². The third kappa shape index (κ3) is 1.31. The smallest absolute Gasteiger partial charge is 0.218 e. The van der Waals surface area contributed by atoms with E-state index in [2.05, 4.69) is 15.5 Å². The van der Waals surface area contributed by atoms with Crippen LogP contribution in [-0.4, -0.2) is 14.8 Å². The van der Waals surface area contributed by atoms with Crippen molar-refractivity contribution in [3.8, 4) is 11.4 Å². The van der Waals surface area contributed by atoms with Gasteiger partial charge in [0.1, 0.15) is 0 Å². The summed E-state index contributed by atoms with van der Waals surface area (Å²) in [6.45, 7) is 2.04. The van der Waals surface area contributed by atoms with Gasteiger partial charge in [-0.2, -0.15) is 16.3 Å². The van der Waals surface area contributed by atoms with Crippen LogP contribution in [0.25, 0.3) is 11.4 Å². The number of rotatable bonds is 1. The average Bonchev–Trinajstić information content (AvgIpc) is 2.60. The van der Waals surface area contributed by atoms with E-state index in [1.807, 2.05) is 12.3 Å². The van der Waals surface area contributed by atoms with Crippen LogP contribution < -0.4 is 5.73 Å². The highest BCUT2D eigenvalue weighted by molar-refractivity contribution is 7.08. The SMILES string of the molecule is Cc1cscc1-c1nc(N)n(C)n1. The zero-order chi connectivity index (χ0) is 9.42. The number of nitrogens with two attached hydrogens (primary N) is 1. The van der Waals surface area contributed by atoms with Crippen molar-refractivity contribution in [2.45, 2.75) is 6.92 Å². The summed E-state index contributed by atoms with van der Waals surface area (Å²) in [5.41, 5.74) is 7.85. The summed E-state index contributed by atoms with van der Waals surface area (Å²) in [6, 6.07) is 0. The summed E-state index contributed by atoms with van der Waals surface area (Å²) in [4.78, 5) is 4.15. The molecule has 0 unspecified atom stereocenters. The Morgan fingerprint density at radius 2 is 2.23 bits per heavy atom. The first-order valence-corrected chi connectivity index (χ1v) is 4.82. The quantitative estimate of drug-likeness (QED) is 0.747. The van der Waals surface area contributed by atoms with Crippen molar-refractivity contribution in [2.24, 2.45) is 7.05 Å². The Balaban J connectivity index is 2.53. The van der Waals surface area contributed by atoms with Crippen molar-refractivity contribution in [3.63, 3.8) is 0 Å². The summed E-state index contributed by atoms with van der Waals surface area (Å²) < 4.78 is 1.58. The van der Waals surface area contributed by atoms with Gasteiger partial charge in [-0.1, -0.05) is 0 Å². The zero-order valence-electron chi connectivity index (χ0n) is 7.48. The lowest BCUT2D eigenvalue weighted by molar-refractivity contribution is 0.781. The topological polar surface area (TPSA) is 56.7 Å². The molecule has 0 amide bonds. The van der Waals surface area contributed by atoms with Crippen molar-refractivity contribution in [2.75, 3.05) is 5.73 Å². The predicted molar refractivity (Wildman–Crippen MR) is 53.5 cm³/mol. The standard InChI is InChI=1S/C8H10N4S/c1-5-3-13-4-6(5)7-10-8(9)12(2)11-7/h3-4H,1-2H3,(H2,9,10,11). The van der Waals surface area contributed by atoms with Crippen LogP contribution in [0.5, 0.6) is 0 Å². The number of thiophene rings is 1. The lowest BCUT2D eigenvalue weighted by atomic mass is 10.2. The Hall–Kier alpha value is -1.36. The number of aryl methyl sites for hydroxylation is 2. The maximum atomic E-state index is 5.59. The van der Waals surface area contributed by atoms with E-state index < -0.39 is 0 Å². The van der Waals surface area contributed by atoms with E-state index >= 15 is 0 Å². The number of hydrogen-bond donors (Lipinski definition) is 1. The zero-order valence-corrected chi connectivity index (χ0v) is 8.30. The third-order valence-corrected chi connectivity index (χ3v) is 2.75. The van der Waals surface area contributed by atoms with E-state index in [9.17, 15) is 0 Å². The van der Waals surface area contributed by atoms with Gasteiger partial charge < -0.3 is 5.73 Å². The summed E-state index contributed by atoms with van der Waals surface area (Å²) in [5.74, 6) is 1.15. The van der Waals surface area contributed by atoms with Gasteiger partial charge in [-0.15, -0.1) is 5.10 Å². The summed E-state index contributed by atoms with van der Waals surface area (Å²) >= 11 is 1.65. The summed E-state index contributed by atoms with van der Waals surface area (Å²) in [7, 11) is 1.79. The highest BCUT2D eigenvalue weighted by atomic mass is 32.1. The van der Waals surface area contributed by atoms with E-state index in [0.717, 1.165) is 5.56 Å². The first kappa shape index (κ1) is 8.25. The fourth-order valence-corrected chi connectivity index (χ4v) is 1.93. The lowest BCUT2D eigenvalue weighted by Gasteiger charge is -1.90. The molecule has 0 aromatic carbocycles. The Morgan fingerprint density at radius 3 is 2.69 bits per heavy atom. The summed E-state index contributed by atoms with van der Waals surface area (Å²) in [5, 5.41) is 8.30. The molecule has 2 aromatic heterocycles. The van der Waals surface area contributed by atoms with Crippen molar-refractivity contribution in [1.82, 2.24) is 14.8 Å². The molecule has 0 saturated heterocycles. The normalized spacial score (nSPS) is 10.6. The van der Waals surface area contributed by atoms with Gasteiger partial charge in [0.25, 0.3) is 0 Å². The molecule has 68 valence electrons. The molecule has 0 aliphatic heterocycles. The largest absolute Gasteiger partial charge is 0.368 e. The van der Waals surface area contributed by atoms with Gasteiger partial charge in [0.05, 0.1) is 0 Å². The molecule has 2 aromatic rings. The van der Waals surface area contributed by atoms with Crippen LogP contribution in [0.4, 0.5) is 5.95 Å². The number of anilines is 1. The van der Waals surface area contributed by atoms with E-state index in [1.165, 1.54) is 5.56 Å². The molecular weight excluding hydrogens is 184 g/mol. The van der Waals surface area contributed by atoms with Crippen LogP contribution in [0.3, 0.4) is 0 Å². The molecule has 0 bridgehead atoms. The molecule has 5 heteroatoms. The van der Waals surface area contributed by atoms with E-state index in [1.54, 1.807) is 23.1 Å². The highest BCUT2D eigenvalue weighted by Gasteiger charge is 2.09. The first-order valence-electron chi connectivity index (χ1n) is 3.88. The van der Waals surface area contributed by atoms with Gasteiger partial charge in [0.15, 0.2) is 5.82 Å². The lowest BCUT2D eigenvalue weighted by Crippen LogP contribution is -1.97. The third-order valence-electron chi connectivity index (χ3n) is 1.89. The number of nitrogens with zero attached hydrogens (tertiary/aromatic N) is 3. The van der Waals surface area contributed by atoms with E-state index in [0.29, 0.717) is 11.8 Å². The van der Waals surface area contributed by atoms with Gasteiger partial charge in [0.2, 0.25) is 5.95 Å². The Morgan fingerprint density at radius 1 is 1.46 bits per heavy atom. The van der Waals surface area contributed by atoms with Gasteiger partial charge in [-0.25, -0.2) is 4.68 Å². The highest BCUT2D eigenvalue weighted by Crippen LogP contribution is 2.24. The molecule has 0 spiro atoms. The Kier molecular flexibility index (Phi) is 1.81. The van der Waals surface area contributed by atoms with Gasteiger partial charge in [-0.3, -0.25) is 0 Å². The van der Waals surface area contributed by atoms with Crippen LogP contribution >= 0.6 is 11.3 Å². The molecule has 0 aliphatic carbocycles. The molecule has 0 fully saturated rings. The molecule has 0 saturated carbocycles. The van der Waals surface area contributed by atoms with Gasteiger partial charge >= 0.3 is 0 Å². The second-order valence-corrected chi connectivity index (χ2v) is 3.63. The second-order valence-electron chi connectivity index (χ2n) is 2.89. The van der Waals surface area contributed by atoms with Crippen LogP contribution in [0.1, 0.15) is 5.56 Å². The molecule has 0 radical (unpaired) electrons. The minimum Gasteiger partial charge on any atom is -0.368 e. The number of nitrogen functional groups attached to an aromatic ring is 1. The number of hydrogen-bond acceptors (Lipinski definition) is 4. The van der Waals surface area contributed by atoms with Gasteiger partial charge in [0, 0.05) is 18.0 Å². The fourth-order valence-electron chi connectivity index (χ4n) is 1.10. The van der Waals surface area contributed by atoms with Crippen molar-refractivity contribution in [3.05, 3.63) is 16.3 Å². The second kappa shape index (κ2) is 2.85. The van der Waals surface area contributed by atoms with Crippen LogP contribution in [0.15, 0.2) is 10.8 Å². The predicted octanol–water partition coefficient (Wildman–Crippen LogP) is 1.43. The molecule has 2 rings (SSSR count). The average molecular weight is 194 g/mol. The van der Waals surface area contributed by atoms with Gasteiger partial charge in [-0.05, 0) is 17.9 Å². The van der Waals surface area contributed by atoms with Crippen LogP contribution in [-0.2, 0) is 7.05 Å². The Bertz CT molecular complexity index is 410. The van der Waals surface area contributed by atoms with Crippen LogP contribution in [0.2, 0.25) is 0 Å². The first-order chi connectivity index (χ1) is 6.18. The molecule has 13 heavy (non-hydrogen) atoms. The molecular formula is C8H10N4S. The van der Waals surface area contributed by atoms with Crippen molar-refractivity contribution >= 4 is 17.3 Å². The maximum absolute atomic E-state index is 5.59. The van der Waals surface area contributed by atoms with Crippen LogP contribution in [0, 0.1) is 6.92 Å². The minimum atomic E-state index is 0.445. The molecule has 0 atom stereocenters. The summed E-state index contributed by atoms with van der Waals surface area (Å²) in [6.07, 6.45) is 0. The van der Waals surface area contributed by atoms with Crippen molar-refractivity contribution < 1.29 is 0 Å². The molecule has 2 heterocycles. The molecule has 4 nitrogen and oxygen atoms in total. The fraction of sp³-hybridized carbons (Fsp3) is 0.250. The molecule has 2 N–H and O–H groups in total. The maximum Gasteiger partial charge on any atom is 0.218 e. The monoisotopic (exact) mass is 194 g/mol. The van der Waals surface area contributed by atoms with E-state index in [4.69, 9.17) is 5.73 Å². The number of aromatic nitrogens is 3. The molecule has 0 aliphatic rings. The van der Waals surface area contributed by atoms with Crippen molar-refractivity contribution in [1.29, 1.82) is 0 Å². The van der Waals surface area contributed by atoms with E-state index in [-0.39, 0.29) is 0 Å².